The largest absolute Gasteiger partial charge is 0.497 e. The smallest absolute Gasteiger partial charge is 0.258 e. The van der Waals surface area contributed by atoms with Gasteiger partial charge in [0.2, 0.25) is 5.82 Å². The molecule has 22 heavy (non-hydrogen) atoms. The van der Waals surface area contributed by atoms with Gasteiger partial charge in [-0.25, -0.2) is 0 Å². The molecule has 0 unspecified atom stereocenters. The van der Waals surface area contributed by atoms with Gasteiger partial charge in [0.05, 0.1) is 7.11 Å². The van der Waals surface area contributed by atoms with Crippen LogP contribution in [-0.2, 0) is 6.61 Å². The molecule has 0 atom stereocenters. The van der Waals surface area contributed by atoms with Crippen LogP contribution in [0.25, 0.3) is 11.5 Å². The van der Waals surface area contributed by atoms with Crippen molar-refractivity contribution in [3.8, 4) is 23.0 Å². The minimum Gasteiger partial charge on any atom is -0.497 e. The van der Waals surface area contributed by atoms with Crippen LogP contribution in [0, 0.1) is 0 Å². The van der Waals surface area contributed by atoms with Crippen molar-refractivity contribution in [2.75, 3.05) is 7.11 Å². The molecular formula is C16H13ClN2O3. The summed E-state index contributed by atoms with van der Waals surface area (Å²) in [6.07, 6.45) is 0. The first-order valence-corrected chi connectivity index (χ1v) is 6.98. The van der Waals surface area contributed by atoms with Crippen molar-refractivity contribution in [3.05, 3.63) is 59.4 Å². The first-order chi connectivity index (χ1) is 10.7. The fourth-order valence-corrected chi connectivity index (χ4v) is 2.06. The first kappa shape index (κ1) is 14.4. The highest BCUT2D eigenvalue weighted by atomic mass is 35.5. The third kappa shape index (κ3) is 3.38. The van der Waals surface area contributed by atoms with Gasteiger partial charge in [0.25, 0.3) is 5.89 Å². The van der Waals surface area contributed by atoms with Crippen LogP contribution in [0.15, 0.2) is 53.1 Å². The van der Waals surface area contributed by atoms with E-state index in [0.29, 0.717) is 22.5 Å². The summed E-state index contributed by atoms with van der Waals surface area (Å²) in [5, 5.41) is 4.51. The molecule has 0 radical (unpaired) electrons. The van der Waals surface area contributed by atoms with Crippen molar-refractivity contribution < 1.29 is 14.0 Å². The molecule has 5 nitrogen and oxygen atoms in total. The molecule has 112 valence electrons. The Morgan fingerprint density at radius 2 is 1.86 bits per heavy atom. The average Bonchev–Trinajstić information content (AvgIpc) is 3.02. The summed E-state index contributed by atoms with van der Waals surface area (Å²) >= 11 is 5.94. The minimum atomic E-state index is 0.219. The maximum Gasteiger partial charge on any atom is 0.258 e. The van der Waals surface area contributed by atoms with Crippen LogP contribution in [0.2, 0.25) is 5.02 Å². The number of ether oxygens (including phenoxy) is 2. The fraction of sp³-hybridized carbons (Fsp3) is 0.125. The summed E-state index contributed by atoms with van der Waals surface area (Å²) in [7, 11) is 1.62. The molecule has 1 aromatic heterocycles. The molecule has 0 fully saturated rings. The molecule has 0 saturated carbocycles. The quantitative estimate of drug-likeness (QED) is 0.712. The molecule has 0 saturated heterocycles. The van der Waals surface area contributed by atoms with E-state index in [0.717, 1.165) is 11.3 Å². The second-order valence-electron chi connectivity index (χ2n) is 4.49. The first-order valence-electron chi connectivity index (χ1n) is 6.60. The predicted octanol–water partition coefficient (Wildman–Crippen LogP) is 3.98. The van der Waals surface area contributed by atoms with Crippen molar-refractivity contribution in [2.24, 2.45) is 0 Å². The Kier molecular flexibility index (Phi) is 4.25. The number of nitrogens with zero attached hydrogens (tertiary/aromatic N) is 2. The zero-order chi connectivity index (χ0) is 15.4. The van der Waals surface area contributed by atoms with E-state index in [1.165, 1.54) is 0 Å². The number of hydrogen-bond acceptors (Lipinski definition) is 5. The number of aromatic nitrogens is 2. The summed E-state index contributed by atoms with van der Waals surface area (Å²) in [6, 6.07) is 14.5. The number of halogens is 1. The monoisotopic (exact) mass is 316 g/mol. The zero-order valence-electron chi connectivity index (χ0n) is 11.8. The fourth-order valence-electron chi connectivity index (χ4n) is 1.87. The lowest BCUT2D eigenvalue weighted by Crippen LogP contribution is -1.97. The van der Waals surface area contributed by atoms with Crippen molar-refractivity contribution in [1.29, 1.82) is 0 Å². The third-order valence-corrected chi connectivity index (χ3v) is 3.20. The Bertz CT molecular complexity index is 756. The molecule has 0 N–H and O–H groups in total. The molecule has 0 aliphatic rings. The van der Waals surface area contributed by atoms with Gasteiger partial charge in [-0.05, 0) is 42.5 Å². The van der Waals surface area contributed by atoms with Crippen molar-refractivity contribution >= 4 is 11.6 Å². The van der Waals surface area contributed by atoms with Crippen LogP contribution in [0.1, 0.15) is 5.82 Å². The maximum absolute atomic E-state index is 5.94. The molecule has 1 heterocycles. The molecular weight excluding hydrogens is 304 g/mol. The number of methoxy groups -OCH3 is 1. The topological polar surface area (TPSA) is 57.4 Å². The van der Waals surface area contributed by atoms with Crippen LogP contribution in [-0.4, -0.2) is 17.3 Å². The summed E-state index contributed by atoms with van der Waals surface area (Å²) in [4.78, 5) is 4.28. The molecule has 6 heteroatoms. The molecule has 3 aromatic rings. The maximum atomic E-state index is 5.94. The Morgan fingerprint density at radius 1 is 1.09 bits per heavy atom. The molecule has 3 rings (SSSR count). The Morgan fingerprint density at radius 3 is 2.59 bits per heavy atom. The standard InChI is InChI=1S/C16H13ClN2O3/c1-20-13-5-7-14(8-6-13)21-10-15-18-16(22-19-15)11-3-2-4-12(17)9-11/h2-9H,10H2,1H3. The summed E-state index contributed by atoms with van der Waals surface area (Å²) in [6.45, 7) is 0.219. The lowest BCUT2D eigenvalue weighted by Gasteiger charge is -2.04. The zero-order valence-corrected chi connectivity index (χ0v) is 12.6. The minimum absolute atomic E-state index is 0.219. The van der Waals surface area contributed by atoms with E-state index in [9.17, 15) is 0 Å². The van der Waals surface area contributed by atoms with E-state index in [2.05, 4.69) is 10.1 Å². The van der Waals surface area contributed by atoms with Crippen molar-refractivity contribution in [3.63, 3.8) is 0 Å². The van der Waals surface area contributed by atoms with Gasteiger partial charge in [-0.15, -0.1) is 0 Å². The molecule has 0 aliphatic heterocycles. The lowest BCUT2D eigenvalue weighted by atomic mass is 10.2. The normalized spacial score (nSPS) is 10.5. The van der Waals surface area contributed by atoms with Crippen LogP contribution < -0.4 is 9.47 Å². The Hall–Kier alpha value is -2.53. The summed E-state index contributed by atoms with van der Waals surface area (Å²) in [5.41, 5.74) is 0.774. The molecule has 0 spiro atoms. The average molecular weight is 317 g/mol. The Labute approximate surface area is 132 Å². The Balaban J connectivity index is 1.66. The molecule has 0 amide bonds. The summed E-state index contributed by atoms with van der Waals surface area (Å²) in [5.74, 6) is 2.35. The van der Waals surface area contributed by atoms with Crippen molar-refractivity contribution in [2.45, 2.75) is 6.61 Å². The third-order valence-electron chi connectivity index (χ3n) is 2.97. The number of hydrogen-bond donors (Lipinski definition) is 0. The predicted molar refractivity (Wildman–Crippen MR) is 82.1 cm³/mol. The van der Waals surface area contributed by atoms with Gasteiger partial charge in [0.15, 0.2) is 6.61 Å². The summed E-state index contributed by atoms with van der Waals surface area (Å²) < 4.78 is 15.9. The molecule has 0 bridgehead atoms. The van der Waals surface area contributed by atoms with Gasteiger partial charge < -0.3 is 14.0 Å². The van der Waals surface area contributed by atoms with Crippen LogP contribution in [0.5, 0.6) is 11.5 Å². The number of benzene rings is 2. The van der Waals surface area contributed by atoms with E-state index >= 15 is 0 Å². The van der Waals surface area contributed by atoms with Crippen molar-refractivity contribution in [1.82, 2.24) is 10.1 Å². The van der Waals surface area contributed by atoms with Gasteiger partial charge in [-0.1, -0.05) is 22.8 Å². The molecule has 0 aliphatic carbocycles. The second kappa shape index (κ2) is 6.49. The van der Waals surface area contributed by atoms with E-state index in [-0.39, 0.29) is 6.61 Å². The van der Waals surface area contributed by atoms with Gasteiger partial charge in [0, 0.05) is 10.6 Å². The van der Waals surface area contributed by atoms with Crippen LogP contribution in [0.4, 0.5) is 0 Å². The van der Waals surface area contributed by atoms with Crippen LogP contribution in [0.3, 0.4) is 0 Å². The van der Waals surface area contributed by atoms with Gasteiger partial charge in [-0.2, -0.15) is 4.98 Å². The second-order valence-corrected chi connectivity index (χ2v) is 4.93. The van der Waals surface area contributed by atoms with E-state index < -0.39 is 0 Å². The van der Waals surface area contributed by atoms with Gasteiger partial charge in [-0.3, -0.25) is 0 Å². The van der Waals surface area contributed by atoms with Gasteiger partial charge in [0.1, 0.15) is 11.5 Å². The van der Waals surface area contributed by atoms with E-state index in [1.807, 2.05) is 36.4 Å². The highest BCUT2D eigenvalue weighted by Gasteiger charge is 2.09. The van der Waals surface area contributed by atoms with Gasteiger partial charge >= 0.3 is 0 Å². The highest BCUT2D eigenvalue weighted by molar-refractivity contribution is 6.30. The highest BCUT2D eigenvalue weighted by Crippen LogP contribution is 2.22. The van der Waals surface area contributed by atoms with E-state index in [1.54, 1.807) is 19.2 Å². The lowest BCUT2D eigenvalue weighted by molar-refractivity contribution is 0.286. The SMILES string of the molecule is COc1ccc(OCc2noc(-c3cccc(Cl)c3)n2)cc1. The van der Waals surface area contributed by atoms with E-state index in [4.69, 9.17) is 25.6 Å². The van der Waals surface area contributed by atoms with Crippen LogP contribution >= 0.6 is 11.6 Å². The number of rotatable bonds is 5. The molecule has 2 aromatic carbocycles.